The van der Waals surface area contributed by atoms with E-state index in [1.165, 1.54) is 0 Å². The van der Waals surface area contributed by atoms with Crippen LogP contribution in [0.4, 0.5) is 5.82 Å². The Morgan fingerprint density at radius 1 is 0.921 bits per heavy atom. The Morgan fingerprint density at radius 2 is 1.79 bits per heavy atom. The second kappa shape index (κ2) is 10.1. The highest BCUT2D eigenvalue weighted by atomic mass is 32.2. The maximum absolute atomic E-state index is 9.69. The predicted octanol–water partition coefficient (Wildman–Crippen LogP) is 4.48. The fourth-order valence-electron chi connectivity index (χ4n) is 4.68. The quantitative estimate of drug-likeness (QED) is 0.252. The summed E-state index contributed by atoms with van der Waals surface area (Å²) in [5.41, 5.74) is 6.00. The van der Waals surface area contributed by atoms with Gasteiger partial charge in [-0.3, -0.25) is 4.68 Å². The number of aryl methyl sites for hydroxylation is 1. The number of terminal acetylenes is 1. The van der Waals surface area contributed by atoms with E-state index in [4.69, 9.17) is 11.4 Å². The van der Waals surface area contributed by atoms with E-state index in [0.717, 1.165) is 70.2 Å². The lowest BCUT2D eigenvalue weighted by atomic mass is 10.0. The van der Waals surface area contributed by atoms with Gasteiger partial charge in [0.15, 0.2) is 0 Å². The molecule has 0 unspecified atom stereocenters. The first-order valence-electron chi connectivity index (χ1n) is 12.2. The summed E-state index contributed by atoms with van der Waals surface area (Å²) in [5.74, 6) is 3.65. The van der Waals surface area contributed by atoms with Crippen molar-refractivity contribution in [1.29, 1.82) is 5.26 Å². The van der Waals surface area contributed by atoms with Crippen LogP contribution in [0.15, 0.2) is 78.3 Å². The maximum atomic E-state index is 9.69. The molecular formula is C29H24N8S. The number of fused-ring (bicyclic) bond motifs is 1. The minimum atomic E-state index is 0.531. The molecule has 5 heterocycles. The Kier molecular flexibility index (Phi) is 6.30. The van der Waals surface area contributed by atoms with E-state index in [1.807, 2.05) is 44.0 Å². The number of rotatable bonds is 5. The molecule has 8 nitrogen and oxygen atoms in total. The van der Waals surface area contributed by atoms with E-state index < -0.39 is 0 Å². The molecule has 0 spiro atoms. The summed E-state index contributed by atoms with van der Waals surface area (Å²) in [5, 5.41) is 18.4. The monoisotopic (exact) mass is 516 g/mol. The van der Waals surface area contributed by atoms with Crippen LogP contribution < -0.4 is 4.90 Å². The number of pyridine rings is 2. The van der Waals surface area contributed by atoms with E-state index in [0.29, 0.717) is 5.56 Å². The fraction of sp³-hybridized carbons (Fsp3) is 0.172. The highest BCUT2D eigenvalue weighted by molar-refractivity contribution is 7.97. The molecule has 1 aliphatic rings. The molecule has 0 radical (unpaired) electrons. The highest BCUT2D eigenvalue weighted by Gasteiger charge is 2.20. The van der Waals surface area contributed by atoms with Gasteiger partial charge in [-0.15, -0.1) is 6.42 Å². The van der Waals surface area contributed by atoms with E-state index in [9.17, 15) is 5.26 Å². The Bertz CT molecular complexity index is 1700. The number of nitriles is 1. The Labute approximate surface area is 225 Å². The summed E-state index contributed by atoms with van der Waals surface area (Å²) in [7, 11) is 1.89. The standard InChI is InChI=1S/C29H24N8S/c1-3-21-5-4-6-26(13-21)38-36-11-9-35(10-12-36)28-8-7-22(16-31-28)27-14-23(25-18-32-34(2)19-25)20-37-29(27)24(15-30)17-33-37/h1,4-8,13-14,16-20H,9-12H2,2H3. The SMILES string of the molecule is C#Cc1cccc(SN2CCN(c3ccc(-c4cc(-c5cnn(C)c5)cn5ncc(C#N)c45)cn3)CC2)c1. The van der Waals surface area contributed by atoms with E-state index in [1.54, 1.807) is 27.3 Å². The molecular weight excluding hydrogens is 492 g/mol. The molecule has 1 fully saturated rings. The number of hydrogen-bond acceptors (Lipinski definition) is 7. The summed E-state index contributed by atoms with van der Waals surface area (Å²) >= 11 is 1.75. The van der Waals surface area contributed by atoms with Crippen LogP contribution in [0.1, 0.15) is 11.1 Å². The first-order valence-corrected chi connectivity index (χ1v) is 13.0. The van der Waals surface area contributed by atoms with Crippen LogP contribution in [0.3, 0.4) is 0 Å². The molecule has 4 aromatic heterocycles. The van der Waals surface area contributed by atoms with Crippen LogP contribution in [0, 0.1) is 23.7 Å². The molecule has 1 aliphatic heterocycles. The van der Waals surface area contributed by atoms with Crippen molar-refractivity contribution in [3.05, 3.63) is 84.6 Å². The molecule has 186 valence electrons. The van der Waals surface area contributed by atoms with Gasteiger partial charge in [0.1, 0.15) is 11.9 Å². The van der Waals surface area contributed by atoms with Crippen molar-refractivity contribution < 1.29 is 0 Å². The second-order valence-electron chi connectivity index (χ2n) is 9.09. The number of anilines is 1. The minimum absolute atomic E-state index is 0.531. The third-order valence-electron chi connectivity index (χ3n) is 6.63. The fourth-order valence-corrected chi connectivity index (χ4v) is 5.65. The van der Waals surface area contributed by atoms with Crippen molar-refractivity contribution in [2.75, 3.05) is 31.1 Å². The Balaban J connectivity index is 1.22. The van der Waals surface area contributed by atoms with Crippen molar-refractivity contribution in [2.45, 2.75) is 4.90 Å². The van der Waals surface area contributed by atoms with Gasteiger partial charge in [-0.2, -0.15) is 15.5 Å². The summed E-state index contributed by atoms with van der Waals surface area (Å²) in [4.78, 5) is 8.28. The Morgan fingerprint density at radius 3 is 2.50 bits per heavy atom. The highest BCUT2D eigenvalue weighted by Crippen LogP contribution is 2.32. The first kappa shape index (κ1) is 23.8. The van der Waals surface area contributed by atoms with Gasteiger partial charge in [-0.25, -0.2) is 13.8 Å². The topological polar surface area (TPSA) is 78.3 Å². The van der Waals surface area contributed by atoms with Crippen LogP contribution >= 0.6 is 11.9 Å². The van der Waals surface area contributed by atoms with Crippen LogP contribution in [-0.2, 0) is 7.05 Å². The van der Waals surface area contributed by atoms with Gasteiger partial charge in [-0.05, 0) is 48.3 Å². The van der Waals surface area contributed by atoms with Crippen molar-refractivity contribution >= 4 is 23.3 Å². The van der Waals surface area contributed by atoms with Gasteiger partial charge < -0.3 is 4.90 Å². The third kappa shape index (κ3) is 4.61. The lowest BCUT2D eigenvalue weighted by Crippen LogP contribution is -2.43. The van der Waals surface area contributed by atoms with Gasteiger partial charge in [-0.1, -0.05) is 12.0 Å². The largest absolute Gasteiger partial charge is 0.354 e. The third-order valence-corrected chi connectivity index (χ3v) is 7.72. The lowest BCUT2D eigenvalue weighted by molar-refractivity contribution is 0.428. The molecule has 0 bridgehead atoms. The number of hydrogen-bond donors (Lipinski definition) is 0. The summed E-state index contributed by atoms with van der Waals surface area (Å²) in [6, 6.07) is 16.6. The molecule has 1 aromatic carbocycles. The lowest BCUT2D eigenvalue weighted by Gasteiger charge is -2.34. The van der Waals surface area contributed by atoms with E-state index >= 15 is 0 Å². The number of piperazine rings is 1. The van der Waals surface area contributed by atoms with E-state index in [2.05, 4.69) is 61.7 Å². The zero-order chi connectivity index (χ0) is 26.1. The zero-order valence-electron chi connectivity index (χ0n) is 20.8. The molecule has 38 heavy (non-hydrogen) atoms. The van der Waals surface area contributed by atoms with Crippen LogP contribution in [-0.4, -0.2) is 54.9 Å². The molecule has 0 N–H and O–H groups in total. The molecule has 0 saturated carbocycles. The number of benzene rings is 1. The molecule has 6 rings (SSSR count). The number of nitrogens with zero attached hydrogens (tertiary/aromatic N) is 8. The van der Waals surface area contributed by atoms with Crippen molar-refractivity contribution in [2.24, 2.45) is 7.05 Å². The van der Waals surface area contributed by atoms with Crippen LogP contribution in [0.25, 0.3) is 27.8 Å². The van der Waals surface area contributed by atoms with Crippen LogP contribution in [0.5, 0.6) is 0 Å². The van der Waals surface area contributed by atoms with Crippen molar-refractivity contribution in [3.8, 4) is 40.7 Å². The predicted molar refractivity (Wildman–Crippen MR) is 149 cm³/mol. The van der Waals surface area contributed by atoms with E-state index in [-0.39, 0.29) is 0 Å². The summed E-state index contributed by atoms with van der Waals surface area (Å²) < 4.78 is 5.90. The smallest absolute Gasteiger partial charge is 0.128 e. The summed E-state index contributed by atoms with van der Waals surface area (Å²) in [6.45, 7) is 3.61. The molecule has 0 aliphatic carbocycles. The average Bonchev–Trinajstić information content (AvgIpc) is 3.59. The molecule has 5 aromatic rings. The van der Waals surface area contributed by atoms with Crippen molar-refractivity contribution in [3.63, 3.8) is 0 Å². The van der Waals surface area contributed by atoms with Gasteiger partial charge >= 0.3 is 0 Å². The second-order valence-corrected chi connectivity index (χ2v) is 10.3. The molecule has 0 amide bonds. The average molecular weight is 517 g/mol. The normalized spacial score (nSPS) is 13.9. The van der Waals surface area contributed by atoms with Gasteiger partial charge in [0.2, 0.25) is 0 Å². The van der Waals surface area contributed by atoms with Crippen molar-refractivity contribution in [1.82, 2.24) is 28.7 Å². The maximum Gasteiger partial charge on any atom is 0.128 e. The van der Waals surface area contributed by atoms with Gasteiger partial charge in [0.05, 0.1) is 23.5 Å². The zero-order valence-corrected chi connectivity index (χ0v) is 21.6. The molecule has 1 saturated heterocycles. The van der Waals surface area contributed by atoms with Gasteiger partial charge in [0.25, 0.3) is 0 Å². The summed E-state index contributed by atoms with van der Waals surface area (Å²) in [6.07, 6.45) is 14.8. The Hall–Kier alpha value is -4.57. The number of aromatic nitrogens is 5. The van der Waals surface area contributed by atoms with Gasteiger partial charge in [0, 0.05) is 84.5 Å². The minimum Gasteiger partial charge on any atom is -0.354 e. The molecule has 9 heteroatoms. The molecule has 0 atom stereocenters. The van der Waals surface area contributed by atoms with Crippen LogP contribution in [0.2, 0.25) is 0 Å². The first-order chi connectivity index (χ1) is 18.6.